The Hall–Kier alpha value is -1.35. The van der Waals surface area contributed by atoms with Crippen molar-refractivity contribution < 1.29 is 4.79 Å². The molecular weight excluding hydrogens is 176 g/mol. The molecule has 0 N–H and O–H groups in total. The summed E-state index contributed by atoms with van der Waals surface area (Å²) in [6, 6.07) is 4.08. The molecule has 1 aliphatic carbocycles. The van der Waals surface area contributed by atoms with E-state index in [1.165, 1.54) is 0 Å². The Kier molecular flexibility index (Phi) is 2.37. The summed E-state index contributed by atoms with van der Waals surface area (Å²) in [7, 11) is 0. The molecule has 0 aliphatic heterocycles. The molecule has 0 heterocycles. The Balaban J connectivity index is 3.10. The van der Waals surface area contributed by atoms with E-state index in [1.807, 2.05) is 19.9 Å². The number of ketones is 1. The van der Waals surface area contributed by atoms with Crippen LogP contribution in [0.15, 0.2) is 0 Å². The molecule has 0 saturated heterocycles. The molecule has 1 fully saturated rings. The summed E-state index contributed by atoms with van der Waals surface area (Å²) in [4.78, 5) is 11.6. The van der Waals surface area contributed by atoms with Crippen molar-refractivity contribution in [2.75, 3.05) is 0 Å². The molecule has 74 valence electrons. The molecule has 1 rings (SSSR count). The van der Waals surface area contributed by atoms with Crippen LogP contribution in [0.2, 0.25) is 0 Å². The van der Waals surface area contributed by atoms with Crippen LogP contribution >= 0.6 is 0 Å². The number of carbonyl (C=O) groups is 1. The zero-order chi connectivity index (χ0) is 11.0. The highest BCUT2D eigenvalue weighted by Crippen LogP contribution is 2.46. The molecule has 0 aromatic rings. The number of Topliss-reactive ketones (excluding diaryl/α,β-unsaturated/α-hetero) is 1. The molecule has 0 bridgehead atoms. The lowest BCUT2D eigenvalue weighted by Crippen LogP contribution is -2.42. The third-order valence-electron chi connectivity index (χ3n) is 2.84. The number of rotatable bonds is 0. The maximum Gasteiger partial charge on any atom is 0.152 e. The zero-order valence-corrected chi connectivity index (χ0v) is 8.79. The second-order valence-corrected chi connectivity index (χ2v) is 5.08. The second kappa shape index (κ2) is 3.10. The van der Waals surface area contributed by atoms with Gasteiger partial charge in [-0.3, -0.25) is 4.79 Å². The fourth-order valence-electron chi connectivity index (χ4n) is 2.41. The van der Waals surface area contributed by atoms with Gasteiger partial charge in [0.25, 0.3) is 0 Å². The lowest BCUT2D eigenvalue weighted by Gasteiger charge is -2.40. The van der Waals surface area contributed by atoms with Crippen LogP contribution in [0.25, 0.3) is 0 Å². The average Bonchev–Trinajstić information content (AvgIpc) is 2.01. The van der Waals surface area contributed by atoms with E-state index in [1.54, 1.807) is 6.92 Å². The third kappa shape index (κ3) is 1.63. The van der Waals surface area contributed by atoms with Gasteiger partial charge in [0, 0.05) is 6.42 Å². The molecule has 1 aliphatic rings. The van der Waals surface area contributed by atoms with Crippen molar-refractivity contribution in [3.63, 3.8) is 0 Å². The molecule has 14 heavy (non-hydrogen) atoms. The molecular formula is C11H14N2O. The van der Waals surface area contributed by atoms with Gasteiger partial charge in [-0.05, 0) is 18.8 Å². The quantitative estimate of drug-likeness (QED) is 0.587. The molecule has 0 amide bonds. The predicted octanol–water partition coefficient (Wildman–Crippen LogP) is 2.05. The van der Waals surface area contributed by atoms with Crippen LogP contribution in [0.4, 0.5) is 0 Å². The molecule has 0 spiro atoms. The number of nitrogens with zero attached hydrogens (tertiary/aromatic N) is 2. The predicted molar refractivity (Wildman–Crippen MR) is 50.8 cm³/mol. The maximum absolute atomic E-state index is 11.6. The van der Waals surface area contributed by atoms with Gasteiger partial charge in [-0.25, -0.2) is 0 Å². The molecule has 2 unspecified atom stereocenters. The van der Waals surface area contributed by atoms with Gasteiger partial charge in [0.2, 0.25) is 0 Å². The second-order valence-electron chi connectivity index (χ2n) is 5.08. The van der Waals surface area contributed by atoms with Gasteiger partial charge in [-0.1, -0.05) is 13.8 Å². The molecule has 1 saturated carbocycles. The standard InChI is InChI=1S/C11H14N2O/c1-10(2)4-9(14)8(5-12)11(3,6-10)7-13/h8H,4,6H2,1-3H3. The summed E-state index contributed by atoms with van der Waals surface area (Å²) >= 11 is 0. The smallest absolute Gasteiger partial charge is 0.152 e. The Morgan fingerprint density at radius 3 is 2.36 bits per heavy atom. The SMILES string of the molecule is CC1(C)CC(=O)C(C#N)C(C)(C#N)C1. The topological polar surface area (TPSA) is 64.7 Å². The minimum absolute atomic E-state index is 0.0900. The first-order valence-corrected chi connectivity index (χ1v) is 4.68. The first-order valence-electron chi connectivity index (χ1n) is 4.68. The van der Waals surface area contributed by atoms with Crippen LogP contribution < -0.4 is 0 Å². The molecule has 0 aromatic carbocycles. The van der Waals surface area contributed by atoms with Gasteiger partial charge in [0.1, 0.15) is 5.92 Å². The molecule has 2 atom stereocenters. The van der Waals surface area contributed by atoms with Crippen molar-refractivity contribution >= 4 is 5.78 Å². The first kappa shape index (κ1) is 10.7. The first-order chi connectivity index (χ1) is 6.34. The van der Waals surface area contributed by atoms with Crippen molar-refractivity contribution in [1.82, 2.24) is 0 Å². The van der Waals surface area contributed by atoms with Crippen molar-refractivity contribution in [2.45, 2.75) is 33.6 Å². The van der Waals surface area contributed by atoms with Crippen LogP contribution in [-0.2, 0) is 4.79 Å². The van der Waals surface area contributed by atoms with Crippen molar-refractivity contribution in [3.05, 3.63) is 0 Å². The molecule has 0 radical (unpaired) electrons. The van der Waals surface area contributed by atoms with E-state index in [-0.39, 0.29) is 11.2 Å². The Bertz CT molecular complexity index is 345. The fourth-order valence-corrected chi connectivity index (χ4v) is 2.41. The van der Waals surface area contributed by atoms with E-state index < -0.39 is 11.3 Å². The van der Waals surface area contributed by atoms with Crippen molar-refractivity contribution in [2.24, 2.45) is 16.7 Å². The van der Waals surface area contributed by atoms with Gasteiger partial charge in [0.05, 0.1) is 17.6 Å². The van der Waals surface area contributed by atoms with Crippen LogP contribution in [0.1, 0.15) is 33.6 Å². The number of carbonyl (C=O) groups excluding carboxylic acids is 1. The van der Waals surface area contributed by atoms with E-state index in [4.69, 9.17) is 10.5 Å². The van der Waals surface area contributed by atoms with Crippen LogP contribution in [0, 0.1) is 39.4 Å². The molecule has 3 heteroatoms. The van der Waals surface area contributed by atoms with Gasteiger partial charge in [-0.15, -0.1) is 0 Å². The highest BCUT2D eigenvalue weighted by Gasteiger charge is 2.49. The van der Waals surface area contributed by atoms with Gasteiger partial charge >= 0.3 is 0 Å². The van der Waals surface area contributed by atoms with Crippen molar-refractivity contribution in [1.29, 1.82) is 10.5 Å². The molecule has 0 aromatic heterocycles. The summed E-state index contributed by atoms with van der Waals surface area (Å²) in [6.45, 7) is 5.64. The zero-order valence-electron chi connectivity index (χ0n) is 8.79. The Labute approximate surface area is 84.3 Å². The van der Waals surface area contributed by atoms with Crippen LogP contribution in [0.3, 0.4) is 0 Å². The highest BCUT2D eigenvalue weighted by atomic mass is 16.1. The van der Waals surface area contributed by atoms with E-state index in [2.05, 4.69) is 6.07 Å². The minimum Gasteiger partial charge on any atom is -0.298 e. The van der Waals surface area contributed by atoms with Gasteiger partial charge in [-0.2, -0.15) is 10.5 Å². The van der Waals surface area contributed by atoms with E-state index in [9.17, 15) is 4.79 Å². The lowest BCUT2D eigenvalue weighted by atomic mass is 9.59. The summed E-state index contributed by atoms with van der Waals surface area (Å²) in [5.41, 5.74) is -0.970. The van der Waals surface area contributed by atoms with Gasteiger partial charge < -0.3 is 0 Å². The van der Waals surface area contributed by atoms with Crippen LogP contribution in [0.5, 0.6) is 0 Å². The monoisotopic (exact) mass is 190 g/mol. The maximum atomic E-state index is 11.6. The minimum atomic E-state index is -0.812. The summed E-state index contributed by atoms with van der Waals surface area (Å²) < 4.78 is 0. The summed E-state index contributed by atoms with van der Waals surface area (Å²) in [5, 5.41) is 17.9. The molecule has 3 nitrogen and oxygen atoms in total. The number of hydrogen-bond donors (Lipinski definition) is 0. The van der Waals surface area contributed by atoms with Gasteiger partial charge in [0.15, 0.2) is 5.78 Å². The largest absolute Gasteiger partial charge is 0.298 e. The average molecular weight is 190 g/mol. The summed E-state index contributed by atoms with van der Waals surface area (Å²) in [6.07, 6.45) is 1.02. The van der Waals surface area contributed by atoms with E-state index in [0.717, 1.165) is 0 Å². The normalized spacial score (nSPS) is 35.8. The Morgan fingerprint density at radius 1 is 1.36 bits per heavy atom. The van der Waals surface area contributed by atoms with Crippen molar-refractivity contribution in [3.8, 4) is 12.1 Å². The van der Waals surface area contributed by atoms with E-state index >= 15 is 0 Å². The fraction of sp³-hybridized carbons (Fsp3) is 0.727. The third-order valence-corrected chi connectivity index (χ3v) is 2.84. The lowest BCUT2D eigenvalue weighted by molar-refractivity contribution is -0.129. The highest BCUT2D eigenvalue weighted by molar-refractivity contribution is 5.86. The number of hydrogen-bond acceptors (Lipinski definition) is 3. The number of nitriles is 2. The van der Waals surface area contributed by atoms with E-state index in [0.29, 0.717) is 12.8 Å². The Morgan fingerprint density at radius 2 is 1.93 bits per heavy atom. The van der Waals surface area contributed by atoms with Crippen LogP contribution in [-0.4, -0.2) is 5.78 Å². The summed E-state index contributed by atoms with van der Waals surface area (Å²) in [5.74, 6) is -0.840.